The summed E-state index contributed by atoms with van der Waals surface area (Å²) in [5.41, 5.74) is 1.27. The lowest BCUT2D eigenvalue weighted by Gasteiger charge is -2.15. The number of carbonyl (C=O) groups excluding carboxylic acids is 2. The van der Waals surface area contributed by atoms with E-state index in [2.05, 4.69) is 4.98 Å². The van der Waals surface area contributed by atoms with Crippen LogP contribution in [-0.4, -0.2) is 16.7 Å². The third-order valence-corrected chi connectivity index (χ3v) is 3.45. The second-order valence-corrected chi connectivity index (χ2v) is 4.67. The lowest BCUT2D eigenvalue weighted by atomic mass is 10.1. The highest BCUT2D eigenvalue weighted by atomic mass is 32.1. The van der Waals surface area contributed by atoms with Gasteiger partial charge in [-0.25, -0.2) is 13.8 Å². The maximum Gasteiger partial charge on any atom is 0.300 e. The van der Waals surface area contributed by atoms with Crippen molar-refractivity contribution in [2.75, 3.05) is 4.90 Å². The normalized spacial score (nSPS) is 14.1. The van der Waals surface area contributed by atoms with Crippen molar-refractivity contribution in [1.82, 2.24) is 4.98 Å². The van der Waals surface area contributed by atoms with E-state index in [1.165, 1.54) is 11.3 Å². The molecule has 4 nitrogen and oxygen atoms in total. The summed E-state index contributed by atoms with van der Waals surface area (Å²) in [7, 11) is 0. The molecule has 96 valence electrons. The lowest BCUT2D eigenvalue weighted by molar-refractivity contribution is -0.114. The van der Waals surface area contributed by atoms with Crippen LogP contribution >= 0.6 is 11.3 Å². The van der Waals surface area contributed by atoms with Crippen LogP contribution in [0.2, 0.25) is 0 Å². The first kappa shape index (κ1) is 11.9. The third-order valence-electron chi connectivity index (χ3n) is 2.82. The van der Waals surface area contributed by atoms with Gasteiger partial charge >= 0.3 is 0 Å². The highest BCUT2D eigenvalue weighted by Crippen LogP contribution is 2.34. The van der Waals surface area contributed by atoms with E-state index in [9.17, 15) is 18.4 Å². The van der Waals surface area contributed by atoms with Crippen molar-refractivity contribution in [1.29, 1.82) is 0 Å². The summed E-state index contributed by atoms with van der Waals surface area (Å²) < 4.78 is 27.3. The first-order valence-corrected chi connectivity index (χ1v) is 6.25. The summed E-state index contributed by atoms with van der Waals surface area (Å²) in [6.07, 6.45) is 0. The zero-order valence-electron chi connectivity index (χ0n) is 9.39. The molecule has 0 saturated heterocycles. The lowest BCUT2D eigenvalue weighted by Crippen LogP contribution is -2.29. The fraction of sp³-hybridized carbons (Fsp3) is 0.0833. The number of anilines is 1. The van der Waals surface area contributed by atoms with Crippen LogP contribution in [0.1, 0.15) is 16.1 Å². The van der Waals surface area contributed by atoms with Gasteiger partial charge in [0.15, 0.2) is 0 Å². The molecule has 0 radical (unpaired) electrons. The smallest absolute Gasteiger partial charge is 0.296 e. The number of benzene rings is 1. The van der Waals surface area contributed by atoms with Crippen LogP contribution in [-0.2, 0) is 11.3 Å². The monoisotopic (exact) mass is 280 g/mol. The minimum absolute atomic E-state index is 0.0541. The molecule has 7 heteroatoms. The molecule has 0 atom stereocenters. The van der Waals surface area contributed by atoms with Gasteiger partial charge in [0.1, 0.15) is 11.6 Å². The number of ketones is 1. The van der Waals surface area contributed by atoms with E-state index in [1.807, 2.05) is 0 Å². The molecular formula is C12H6F2N2O2S. The Bertz CT molecular complexity index is 685. The Labute approximate surface area is 110 Å². The van der Waals surface area contributed by atoms with E-state index in [1.54, 1.807) is 10.9 Å². The Morgan fingerprint density at radius 3 is 2.63 bits per heavy atom. The van der Waals surface area contributed by atoms with E-state index in [0.717, 1.165) is 17.0 Å². The molecule has 1 aliphatic heterocycles. The second-order valence-electron chi connectivity index (χ2n) is 3.95. The molecule has 1 amide bonds. The minimum Gasteiger partial charge on any atom is -0.296 e. The number of fused-ring (bicyclic) bond motifs is 1. The number of aromatic nitrogens is 1. The Hall–Kier alpha value is -2.15. The number of Topliss-reactive ketones (excluding diaryl/α,β-unsaturated/α-hetero) is 1. The highest BCUT2D eigenvalue weighted by Gasteiger charge is 2.40. The van der Waals surface area contributed by atoms with Crippen LogP contribution in [0.15, 0.2) is 23.0 Å². The molecule has 0 N–H and O–H groups in total. The van der Waals surface area contributed by atoms with Crippen LogP contribution in [0.5, 0.6) is 0 Å². The summed E-state index contributed by atoms with van der Waals surface area (Å²) in [5.74, 6) is -3.66. The molecule has 0 saturated carbocycles. The van der Waals surface area contributed by atoms with Gasteiger partial charge in [-0.1, -0.05) is 0 Å². The van der Waals surface area contributed by atoms with E-state index < -0.39 is 28.9 Å². The van der Waals surface area contributed by atoms with Crippen molar-refractivity contribution in [2.45, 2.75) is 6.54 Å². The van der Waals surface area contributed by atoms with Crippen LogP contribution in [0.25, 0.3) is 0 Å². The molecule has 0 bridgehead atoms. The molecule has 2 heterocycles. The van der Waals surface area contributed by atoms with E-state index >= 15 is 0 Å². The summed E-state index contributed by atoms with van der Waals surface area (Å²) in [5, 5.41) is 1.67. The van der Waals surface area contributed by atoms with E-state index in [-0.39, 0.29) is 12.2 Å². The molecule has 0 fully saturated rings. The summed E-state index contributed by atoms with van der Waals surface area (Å²) in [6.45, 7) is -0.0541. The fourth-order valence-corrected chi connectivity index (χ4v) is 2.53. The third kappa shape index (κ3) is 1.74. The fourth-order valence-electron chi connectivity index (χ4n) is 1.98. The summed E-state index contributed by atoms with van der Waals surface area (Å²) in [6, 6.07) is 1.74. The Balaban J connectivity index is 2.12. The number of hydrogen-bond donors (Lipinski definition) is 0. The van der Waals surface area contributed by atoms with Gasteiger partial charge in [-0.05, 0) is 12.1 Å². The maximum atomic E-state index is 13.8. The van der Waals surface area contributed by atoms with Crippen molar-refractivity contribution >= 4 is 28.7 Å². The standard InChI is InChI=1S/C12H6F2N2O2S/c13-7-1-2-8(14)10-9(7)11(17)12(18)16(10)3-6-4-19-5-15-6/h1-2,4-5H,3H2. The number of carbonyl (C=O) groups is 2. The van der Waals surface area contributed by atoms with Crippen LogP contribution in [0.3, 0.4) is 0 Å². The van der Waals surface area contributed by atoms with E-state index in [0.29, 0.717) is 5.69 Å². The van der Waals surface area contributed by atoms with Crippen LogP contribution < -0.4 is 4.90 Å². The number of thiazole rings is 1. The SMILES string of the molecule is O=C1C(=O)N(Cc2cscn2)c2c(F)ccc(F)c21. The topological polar surface area (TPSA) is 50.3 Å². The average molecular weight is 280 g/mol. The first-order valence-electron chi connectivity index (χ1n) is 5.31. The van der Waals surface area contributed by atoms with Gasteiger partial charge < -0.3 is 0 Å². The van der Waals surface area contributed by atoms with Crippen LogP contribution in [0, 0.1) is 11.6 Å². The van der Waals surface area contributed by atoms with Gasteiger partial charge in [0.2, 0.25) is 0 Å². The Kier molecular flexibility index (Phi) is 2.63. The van der Waals surface area contributed by atoms with E-state index in [4.69, 9.17) is 0 Å². The molecule has 19 heavy (non-hydrogen) atoms. The number of amides is 1. The summed E-state index contributed by atoms with van der Waals surface area (Å²) in [4.78, 5) is 28.4. The number of rotatable bonds is 2. The molecule has 2 aromatic rings. The van der Waals surface area contributed by atoms with Gasteiger partial charge in [0, 0.05) is 5.38 Å². The predicted molar refractivity (Wildman–Crippen MR) is 64.0 cm³/mol. The molecule has 1 aromatic heterocycles. The quantitative estimate of drug-likeness (QED) is 0.792. The molecule has 0 aliphatic carbocycles. The zero-order chi connectivity index (χ0) is 13.6. The van der Waals surface area contributed by atoms with Gasteiger partial charge in [-0.2, -0.15) is 0 Å². The zero-order valence-corrected chi connectivity index (χ0v) is 10.2. The summed E-state index contributed by atoms with van der Waals surface area (Å²) >= 11 is 1.31. The molecular weight excluding hydrogens is 274 g/mol. The van der Waals surface area contributed by atoms with Gasteiger partial charge in [-0.3, -0.25) is 14.5 Å². The van der Waals surface area contributed by atoms with Gasteiger partial charge in [0.25, 0.3) is 11.7 Å². The predicted octanol–water partition coefficient (Wildman–Crippen LogP) is 2.15. The van der Waals surface area contributed by atoms with Crippen molar-refractivity contribution in [2.24, 2.45) is 0 Å². The van der Waals surface area contributed by atoms with Crippen molar-refractivity contribution in [3.8, 4) is 0 Å². The number of nitrogens with zero attached hydrogens (tertiary/aromatic N) is 2. The van der Waals surface area contributed by atoms with Crippen molar-refractivity contribution < 1.29 is 18.4 Å². The molecule has 3 rings (SSSR count). The Morgan fingerprint density at radius 2 is 1.95 bits per heavy atom. The first-order chi connectivity index (χ1) is 9.09. The minimum atomic E-state index is -1.03. The Morgan fingerprint density at radius 1 is 1.21 bits per heavy atom. The molecule has 0 unspecified atom stereocenters. The average Bonchev–Trinajstić information content (AvgIpc) is 2.97. The van der Waals surface area contributed by atoms with Crippen molar-refractivity contribution in [3.63, 3.8) is 0 Å². The molecule has 1 aliphatic rings. The van der Waals surface area contributed by atoms with Crippen LogP contribution in [0.4, 0.5) is 14.5 Å². The molecule has 0 spiro atoms. The second kappa shape index (κ2) is 4.20. The molecule has 1 aromatic carbocycles. The highest BCUT2D eigenvalue weighted by molar-refractivity contribution is 7.07. The van der Waals surface area contributed by atoms with Crippen molar-refractivity contribution in [3.05, 3.63) is 45.9 Å². The largest absolute Gasteiger partial charge is 0.300 e. The number of hydrogen-bond acceptors (Lipinski definition) is 4. The number of halogens is 2. The van der Waals surface area contributed by atoms with Gasteiger partial charge in [0.05, 0.1) is 29.0 Å². The maximum absolute atomic E-state index is 13.8. The van der Waals surface area contributed by atoms with Gasteiger partial charge in [-0.15, -0.1) is 11.3 Å².